The van der Waals surface area contributed by atoms with E-state index < -0.39 is 39.4 Å². The van der Waals surface area contributed by atoms with Gasteiger partial charge in [0.15, 0.2) is 0 Å². The van der Waals surface area contributed by atoms with Gasteiger partial charge in [0.05, 0.1) is 12.2 Å². The highest BCUT2D eigenvalue weighted by atomic mass is 35.5. The summed E-state index contributed by atoms with van der Waals surface area (Å²) in [4.78, 5) is 24.2. The van der Waals surface area contributed by atoms with Crippen LogP contribution in [0.1, 0.15) is 29.4 Å². The van der Waals surface area contributed by atoms with E-state index >= 15 is 0 Å². The first kappa shape index (κ1) is 14.2. The van der Waals surface area contributed by atoms with E-state index in [9.17, 15) is 23.7 Å². The Morgan fingerprint density at radius 1 is 1.67 bits per heavy atom. The molecule has 0 aromatic carbocycles. The maximum Gasteiger partial charge on any atom is 0.383 e. The summed E-state index contributed by atoms with van der Waals surface area (Å²) in [6.07, 6.45) is -3.05. The van der Waals surface area contributed by atoms with Crippen LogP contribution in [0.5, 0.6) is 0 Å². The van der Waals surface area contributed by atoms with Crippen LogP contribution < -0.4 is 0 Å². The van der Waals surface area contributed by atoms with E-state index in [2.05, 4.69) is 9.72 Å². The second-order valence-electron chi connectivity index (χ2n) is 3.01. The number of halogens is 3. The fourth-order valence-corrected chi connectivity index (χ4v) is 1.38. The first-order chi connectivity index (χ1) is 8.38. The molecule has 0 saturated carbocycles. The average molecular weight is 281 g/mol. The van der Waals surface area contributed by atoms with Crippen LogP contribution in [-0.2, 0) is 4.74 Å². The fraction of sp³-hybridized carbons (Fsp3) is 0.333. The Balaban J connectivity index is 3.40. The molecule has 0 unspecified atom stereocenters. The molecular weight excluding hydrogens is 274 g/mol. The molecule has 0 spiro atoms. The summed E-state index contributed by atoms with van der Waals surface area (Å²) in [5, 5.41) is 9.99. The quantitative estimate of drug-likeness (QED) is 0.481. The van der Waals surface area contributed by atoms with Gasteiger partial charge >= 0.3 is 11.8 Å². The molecule has 9 heteroatoms. The number of alkyl halides is 2. The standard InChI is InChI=1S/C9H7ClF2N2O4/c1-2-18-9(15)6-4(7(11)12)3-5(10)8(13-6)14(16)17/h3,7H,2H2,1H3. The zero-order valence-electron chi connectivity index (χ0n) is 9.02. The molecule has 0 aliphatic rings. The van der Waals surface area contributed by atoms with Crippen LogP contribution in [0, 0.1) is 10.1 Å². The van der Waals surface area contributed by atoms with Gasteiger partial charge in [-0.15, -0.1) is 0 Å². The molecule has 0 radical (unpaired) electrons. The van der Waals surface area contributed by atoms with Crippen LogP contribution >= 0.6 is 11.6 Å². The molecule has 98 valence electrons. The molecular formula is C9H7ClF2N2O4. The zero-order valence-corrected chi connectivity index (χ0v) is 9.78. The maximum absolute atomic E-state index is 12.7. The second kappa shape index (κ2) is 5.67. The number of rotatable bonds is 4. The predicted octanol–water partition coefficient (Wildman–Crippen LogP) is 2.76. The van der Waals surface area contributed by atoms with Crippen LogP contribution in [0.3, 0.4) is 0 Å². The molecule has 0 saturated heterocycles. The minimum Gasteiger partial charge on any atom is -0.460 e. The summed E-state index contributed by atoms with van der Waals surface area (Å²) in [5.41, 5.74) is -1.60. The molecule has 0 aliphatic heterocycles. The number of carbonyl (C=O) groups excluding carboxylic acids is 1. The lowest BCUT2D eigenvalue weighted by Gasteiger charge is -2.05. The van der Waals surface area contributed by atoms with E-state index in [1.54, 1.807) is 0 Å². The van der Waals surface area contributed by atoms with Crippen LogP contribution in [0.15, 0.2) is 6.07 Å². The highest BCUT2D eigenvalue weighted by molar-refractivity contribution is 6.32. The van der Waals surface area contributed by atoms with E-state index in [0.29, 0.717) is 6.07 Å². The Morgan fingerprint density at radius 2 is 2.28 bits per heavy atom. The molecule has 0 aliphatic carbocycles. The molecule has 0 N–H and O–H groups in total. The summed E-state index contributed by atoms with van der Waals surface area (Å²) < 4.78 is 29.8. The molecule has 1 rings (SSSR count). The molecule has 0 atom stereocenters. The first-order valence-corrected chi connectivity index (χ1v) is 5.06. The third kappa shape index (κ3) is 2.89. The number of hydrogen-bond acceptors (Lipinski definition) is 5. The van der Waals surface area contributed by atoms with Gasteiger partial charge in [0.25, 0.3) is 12.1 Å². The lowest BCUT2D eigenvalue weighted by atomic mass is 10.2. The maximum atomic E-state index is 12.7. The molecule has 1 aromatic rings. The van der Waals surface area contributed by atoms with Crippen molar-refractivity contribution in [1.29, 1.82) is 0 Å². The van der Waals surface area contributed by atoms with Gasteiger partial charge in [0.1, 0.15) is 5.02 Å². The van der Waals surface area contributed by atoms with Gasteiger partial charge in [-0.1, -0.05) is 11.6 Å². The van der Waals surface area contributed by atoms with Gasteiger partial charge in [0.2, 0.25) is 0 Å². The largest absolute Gasteiger partial charge is 0.460 e. The van der Waals surface area contributed by atoms with Crippen LogP contribution in [-0.4, -0.2) is 22.5 Å². The Hall–Kier alpha value is -1.83. The Kier molecular flexibility index (Phi) is 4.49. The van der Waals surface area contributed by atoms with Gasteiger partial charge < -0.3 is 14.9 Å². The zero-order chi connectivity index (χ0) is 13.9. The number of esters is 1. The third-order valence-corrected chi connectivity index (χ3v) is 2.14. The number of hydrogen-bond donors (Lipinski definition) is 0. The molecule has 18 heavy (non-hydrogen) atoms. The van der Waals surface area contributed by atoms with Gasteiger partial charge in [0, 0.05) is 0 Å². The Morgan fingerprint density at radius 3 is 2.72 bits per heavy atom. The first-order valence-electron chi connectivity index (χ1n) is 4.68. The number of aromatic nitrogens is 1. The van der Waals surface area contributed by atoms with Crippen LogP contribution in [0.25, 0.3) is 0 Å². The van der Waals surface area contributed by atoms with E-state index in [1.807, 2.05) is 0 Å². The minimum atomic E-state index is -3.05. The summed E-state index contributed by atoms with van der Waals surface area (Å²) in [6.45, 7) is 1.39. The van der Waals surface area contributed by atoms with E-state index in [0.717, 1.165) is 0 Å². The highest BCUT2D eigenvalue weighted by Gasteiger charge is 2.30. The molecule has 0 fully saturated rings. The van der Waals surface area contributed by atoms with Crippen molar-refractivity contribution < 1.29 is 23.2 Å². The SMILES string of the molecule is CCOC(=O)c1nc([N+](=O)[O-])c(Cl)cc1C(F)F. The van der Waals surface area contributed by atoms with Crippen molar-refractivity contribution in [2.45, 2.75) is 13.3 Å². The highest BCUT2D eigenvalue weighted by Crippen LogP contribution is 2.30. The smallest absolute Gasteiger partial charge is 0.383 e. The van der Waals surface area contributed by atoms with Crippen LogP contribution in [0.2, 0.25) is 5.02 Å². The topological polar surface area (TPSA) is 82.3 Å². The van der Waals surface area contributed by atoms with E-state index in [1.165, 1.54) is 6.92 Å². The monoisotopic (exact) mass is 280 g/mol. The third-order valence-electron chi connectivity index (χ3n) is 1.86. The Bertz CT molecular complexity index is 496. The molecule has 6 nitrogen and oxygen atoms in total. The summed E-state index contributed by atoms with van der Waals surface area (Å²) in [6, 6.07) is 0.642. The lowest BCUT2D eigenvalue weighted by Crippen LogP contribution is -2.12. The number of nitrogens with zero attached hydrogens (tertiary/aromatic N) is 2. The number of carbonyl (C=O) groups is 1. The number of ether oxygens (including phenoxy) is 1. The van der Waals surface area contributed by atoms with Gasteiger partial charge in [-0.05, 0) is 22.9 Å². The predicted molar refractivity (Wildman–Crippen MR) is 56.8 cm³/mol. The van der Waals surface area contributed by atoms with Gasteiger partial charge in [-0.3, -0.25) is 0 Å². The van der Waals surface area contributed by atoms with Crippen molar-refractivity contribution >= 4 is 23.4 Å². The number of pyridine rings is 1. The van der Waals surface area contributed by atoms with Crippen molar-refractivity contribution in [2.24, 2.45) is 0 Å². The normalized spacial score (nSPS) is 10.5. The fourth-order valence-electron chi connectivity index (χ4n) is 1.15. The number of nitro groups is 1. The van der Waals surface area contributed by atoms with Gasteiger partial charge in [-0.25, -0.2) is 13.6 Å². The Labute approximate surface area is 105 Å². The van der Waals surface area contributed by atoms with Gasteiger partial charge in [-0.2, -0.15) is 0 Å². The van der Waals surface area contributed by atoms with Crippen molar-refractivity contribution in [2.75, 3.05) is 6.61 Å². The van der Waals surface area contributed by atoms with Crippen molar-refractivity contribution in [1.82, 2.24) is 4.98 Å². The van der Waals surface area contributed by atoms with E-state index in [4.69, 9.17) is 11.6 Å². The summed E-state index contributed by atoms with van der Waals surface area (Å²) in [5.74, 6) is -2.03. The average Bonchev–Trinajstić information content (AvgIpc) is 2.28. The molecule has 1 aromatic heterocycles. The summed E-state index contributed by atoms with van der Waals surface area (Å²) >= 11 is 5.43. The lowest BCUT2D eigenvalue weighted by molar-refractivity contribution is -0.389. The van der Waals surface area contributed by atoms with Crippen molar-refractivity contribution in [3.8, 4) is 0 Å². The van der Waals surface area contributed by atoms with Crippen molar-refractivity contribution in [3.63, 3.8) is 0 Å². The van der Waals surface area contributed by atoms with E-state index in [-0.39, 0.29) is 6.61 Å². The molecule has 0 amide bonds. The second-order valence-corrected chi connectivity index (χ2v) is 3.42. The molecule has 1 heterocycles. The van der Waals surface area contributed by atoms with Crippen LogP contribution in [0.4, 0.5) is 14.6 Å². The van der Waals surface area contributed by atoms with Crippen molar-refractivity contribution in [3.05, 3.63) is 32.5 Å². The summed E-state index contributed by atoms with van der Waals surface area (Å²) in [7, 11) is 0. The minimum absolute atomic E-state index is 0.0698. The molecule has 0 bridgehead atoms.